The Bertz CT molecular complexity index is 451. The van der Waals surface area contributed by atoms with Gasteiger partial charge in [0.2, 0.25) is 0 Å². The molecule has 0 saturated heterocycles. The molecule has 0 aliphatic carbocycles. The van der Waals surface area contributed by atoms with Crippen LogP contribution in [-0.2, 0) is 0 Å². The molecule has 0 amide bonds. The van der Waals surface area contributed by atoms with Gasteiger partial charge in [-0.25, -0.2) is 14.8 Å². The van der Waals surface area contributed by atoms with E-state index in [2.05, 4.69) is 15.0 Å². The van der Waals surface area contributed by atoms with E-state index in [0.29, 0.717) is 5.69 Å². The zero-order valence-electron chi connectivity index (χ0n) is 7.14. The zero-order chi connectivity index (χ0) is 9.97. The predicted octanol–water partition coefficient (Wildman–Crippen LogP) is 1.17. The third-order valence-corrected chi connectivity index (χ3v) is 1.81. The van der Waals surface area contributed by atoms with Crippen LogP contribution in [0.4, 0.5) is 0 Å². The van der Waals surface area contributed by atoms with Gasteiger partial charge in [0.15, 0.2) is 0 Å². The summed E-state index contributed by atoms with van der Waals surface area (Å²) >= 11 is 0. The maximum Gasteiger partial charge on any atom is 0.339 e. The first-order valence-corrected chi connectivity index (χ1v) is 3.95. The summed E-state index contributed by atoms with van der Waals surface area (Å²) in [5, 5.41) is 8.87. The molecular formula is C9H7N3O2. The maximum absolute atomic E-state index is 10.8. The number of aromatic nitrogens is 3. The molecule has 2 aromatic rings. The molecule has 14 heavy (non-hydrogen) atoms. The topological polar surface area (TPSA) is 78.9 Å². The van der Waals surface area contributed by atoms with Gasteiger partial charge in [-0.05, 0) is 6.07 Å². The fourth-order valence-corrected chi connectivity index (χ4v) is 1.19. The van der Waals surface area contributed by atoms with Crippen LogP contribution < -0.4 is 0 Å². The normalized spacial score (nSPS) is 10.0. The van der Waals surface area contributed by atoms with Crippen LogP contribution in [-0.4, -0.2) is 26.0 Å². The maximum atomic E-state index is 10.8. The van der Waals surface area contributed by atoms with E-state index in [-0.39, 0.29) is 5.56 Å². The lowest BCUT2D eigenvalue weighted by molar-refractivity contribution is 0.0697. The van der Waals surface area contributed by atoms with Crippen molar-refractivity contribution in [2.24, 2.45) is 0 Å². The van der Waals surface area contributed by atoms with Crippen LogP contribution in [0.5, 0.6) is 0 Å². The predicted molar refractivity (Wildman–Crippen MR) is 48.8 cm³/mol. The minimum Gasteiger partial charge on any atom is -0.478 e. The molecule has 0 bridgehead atoms. The first kappa shape index (κ1) is 8.43. The molecule has 0 fully saturated rings. The van der Waals surface area contributed by atoms with Crippen molar-refractivity contribution in [3.05, 3.63) is 36.5 Å². The Morgan fingerprint density at radius 2 is 2.36 bits per heavy atom. The fourth-order valence-electron chi connectivity index (χ4n) is 1.19. The van der Waals surface area contributed by atoms with Gasteiger partial charge in [0.25, 0.3) is 0 Å². The number of hydrogen-bond acceptors (Lipinski definition) is 3. The second kappa shape index (κ2) is 3.29. The number of carbonyl (C=O) groups is 1. The lowest BCUT2D eigenvalue weighted by Crippen LogP contribution is -2.01. The molecule has 2 heterocycles. The van der Waals surface area contributed by atoms with E-state index in [4.69, 9.17) is 5.11 Å². The lowest BCUT2D eigenvalue weighted by atomic mass is 10.1. The molecule has 0 aliphatic rings. The third-order valence-electron chi connectivity index (χ3n) is 1.81. The second-order valence-electron chi connectivity index (χ2n) is 2.69. The van der Waals surface area contributed by atoms with Crippen LogP contribution in [0.1, 0.15) is 10.4 Å². The average Bonchev–Trinajstić information content (AvgIpc) is 2.70. The highest BCUT2D eigenvalue weighted by Gasteiger charge is 2.12. The zero-order valence-corrected chi connectivity index (χ0v) is 7.14. The first-order valence-electron chi connectivity index (χ1n) is 3.95. The molecule has 0 unspecified atom stereocenters. The second-order valence-corrected chi connectivity index (χ2v) is 2.69. The number of H-pyrrole nitrogens is 1. The molecule has 5 heteroatoms. The number of carboxylic acids is 1. The van der Waals surface area contributed by atoms with Crippen molar-refractivity contribution in [2.75, 3.05) is 0 Å². The van der Waals surface area contributed by atoms with Crippen molar-refractivity contribution < 1.29 is 9.90 Å². The van der Waals surface area contributed by atoms with E-state index in [9.17, 15) is 4.79 Å². The highest BCUT2D eigenvalue weighted by molar-refractivity contribution is 5.94. The smallest absolute Gasteiger partial charge is 0.339 e. The monoisotopic (exact) mass is 189 g/mol. The van der Waals surface area contributed by atoms with Gasteiger partial charge in [0.05, 0.1) is 5.69 Å². The number of nitrogens with zero attached hydrogens (tertiary/aromatic N) is 2. The number of rotatable bonds is 2. The Balaban J connectivity index is 2.58. The van der Waals surface area contributed by atoms with E-state index in [1.165, 1.54) is 12.5 Å². The quantitative estimate of drug-likeness (QED) is 0.743. The first-order chi connectivity index (χ1) is 6.79. The molecule has 0 saturated carbocycles. The summed E-state index contributed by atoms with van der Waals surface area (Å²) in [7, 11) is 0. The highest BCUT2D eigenvalue weighted by atomic mass is 16.4. The van der Waals surface area contributed by atoms with E-state index in [1.54, 1.807) is 18.5 Å². The summed E-state index contributed by atoms with van der Waals surface area (Å²) in [6, 6.07) is 1.76. The fraction of sp³-hybridized carbons (Fsp3) is 0. The number of aromatic carboxylic acids is 1. The van der Waals surface area contributed by atoms with Crippen LogP contribution in [0, 0.1) is 0 Å². The highest BCUT2D eigenvalue weighted by Crippen LogP contribution is 2.19. The van der Waals surface area contributed by atoms with E-state index < -0.39 is 5.97 Å². The molecule has 0 aliphatic heterocycles. The van der Waals surface area contributed by atoms with Gasteiger partial charge >= 0.3 is 5.97 Å². The van der Waals surface area contributed by atoms with Gasteiger partial charge in [0, 0.05) is 24.2 Å². The number of nitrogens with one attached hydrogen (secondary N) is 1. The average molecular weight is 189 g/mol. The minimum absolute atomic E-state index is 0.104. The van der Waals surface area contributed by atoms with Crippen LogP contribution >= 0.6 is 0 Å². The van der Waals surface area contributed by atoms with Gasteiger partial charge in [-0.3, -0.25) is 0 Å². The van der Waals surface area contributed by atoms with E-state index in [1.807, 2.05) is 0 Å². The Labute approximate surface area is 79.5 Å². The molecule has 2 N–H and O–H groups in total. The van der Waals surface area contributed by atoms with Crippen LogP contribution in [0.2, 0.25) is 0 Å². The Morgan fingerprint density at radius 3 is 3.00 bits per heavy atom. The molecule has 70 valence electrons. The molecule has 0 spiro atoms. The Morgan fingerprint density at radius 1 is 1.50 bits per heavy atom. The molecule has 2 aromatic heterocycles. The van der Waals surface area contributed by atoms with E-state index in [0.717, 1.165) is 5.56 Å². The SMILES string of the molecule is O=C(O)c1cncnc1-c1cc[nH]c1. The standard InChI is InChI=1S/C9H7N3O2/c13-9(14)7-4-11-5-12-8(7)6-1-2-10-3-6/h1-5,10H,(H,13,14). The summed E-state index contributed by atoms with van der Waals surface area (Å²) in [6.07, 6.45) is 6.02. The van der Waals surface area contributed by atoms with Crippen molar-refractivity contribution in [3.8, 4) is 11.3 Å². The van der Waals surface area contributed by atoms with Crippen molar-refractivity contribution >= 4 is 5.97 Å². The Hall–Kier alpha value is -2.17. The Kier molecular flexibility index (Phi) is 1.98. The number of carboxylic acid groups (broad SMARTS) is 1. The molecule has 5 nitrogen and oxygen atoms in total. The van der Waals surface area contributed by atoms with Crippen molar-refractivity contribution in [2.45, 2.75) is 0 Å². The molecule has 0 atom stereocenters. The summed E-state index contributed by atoms with van der Waals surface area (Å²) in [5.74, 6) is -1.03. The number of hydrogen-bond donors (Lipinski definition) is 2. The summed E-state index contributed by atoms with van der Waals surface area (Å²) < 4.78 is 0. The molecule has 0 aromatic carbocycles. The van der Waals surface area contributed by atoms with Crippen molar-refractivity contribution in [3.63, 3.8) is 0 Å². The van der Waals surface area contributed by atoms with Gasteiger partial charge in [-0.1, -0.05) is 0 Å². The van der Waals surface area contributed by atoms with E-state index >= 15 is 0 Å². The van der Waals surface area contributed by atoms with Crippen molar-refractivity contribution in [1.82, 2.24) is 15.0 Å². The van der Waals surface area contributed by atoms with Gasteiger partial charge < -0.3 is 10.1 Å². The summed E-state index contributed by atoms with van der Waals surface area (Å²) in [5.41, 5.74) is 1.27. The van der Waals surface area contributed by atoms with Crippen LogP contribution in [0.3, 0.4) is 0 Å². The van der Waals surface area contributed by atoms with Gasteiger partial charge in [0.1, 0.15) is 11.9 Å². The van der Waals surface area contributed by atoms with Crippen LogP contribution in [0.15, 0.2) is 31.0 Å². The van der Waals surface area contributed by atoms with Gasteiger partial charge in [-0.2, -0.15) is 0 Å². The lowest BCUT2D eigenvalue weighted by Gasteiger charge is -2.00. The largest absolute Gasteiger partial charge is 0.478 e. The van der Waals surface area contributed by atoms with Crippen LogP contribution in [0.25, 0.3) is 11.3 Å². The summed E-state index contributed by atoms with van der Waals surface area (Å²) in [6.45, 7) is 0. The minimum atomic E-state index is -1.03. The third kappa shape index (κ3) is 1.35. The molecule has 2 rings (SSSR count). The summed E-state index contributed by atoms with van der Waals surface area (Å²) in [4.78, 5) is 21.3. The molecule has 0 radical (unpaired) electrons. The van der Waals surface area contributed by atoms with Gasteiger partial charge in [-0.15, -0.1) is 0 Å². The molecular weight excluding hydrogens is 182 g/mol. The van der Waals surface area contributed by atoms with Crippen molar-refractivity contribution in [1.29, 1.82) is 0 Å². The number of aromatic amines is 1.